The largest absolute Gasteiger partial charge is 0.480 e. The zero-order chi connectivity index (χ0) is 24.5. The standard InChI is InChI=1S/C27H32N2O5/c1-3-5-10-19(16-25(30)29(15-4-2)17-26(31)32)28-27(33)34-18-24-22-13-8-6-11-20(22)21-12-7-9-14-23(21)24/h4,6-9,11-14,19,24H,2-3,5,10,15-18H2,1H3,(H,28,33)(H,31,32)/t19-/m1/s1. The van der Waals surface area contributed by atoms with Crippen molar-refractivity contribution >= 4 is 18.0 Å². The Labute approximate surface area is 200 Å². The van der Waals surface area contributed by atoms with E-state index in [1.54, 1.807) is 0 Å². The number of ether oxygens (including phenoxy) is 1. The minimum absolute atomic E-state index is 0.00527. The van der Waals surface area contributed by atoms with Crippen LogP contribution in [-0.4, -0.2) is 53.7 Å². The van der Waals surface area contributed by atoms with E-state index in [0.717, 1.165) is 35.1 Å². The molecule has 2 aromatic rings. The van der Waals surface area contributed by atoms with Gasteiger partial charge < -0.3 is 20.1 Å². The van der Waals surface area contributed by atoms with Gasteiger partial charge in [0.25, 0.3) is 0 Å². The summed E-state index contributed by atoms with van der Waals surface area (Å²) in [4.78, 5) is 37.7. The molecule has 7 heteroatoms. The van der Waals surface area contributed by atoms with Crippen molar-refractivity contribution in [1.82, 2.24) is 10.2 Å². The van der Waals surface area contributed by atoms with Gasteiger partial charge in [-0.25, -0.2) is 4.79 Å². The Kier molecular flexibility index (Phi) is 8.85. The maximum atomic E-state index is 12.7. The Morgan fingerprint density at radius 3 is 2.29 bits per heavy atom. The molecule has 3 rings (SSSR count). The Hall–Kier alpha value is -3.61. The van der Waals surface area contributed by atoms with E-state index in [1.807, 2.05) is 31.2 Å². The number of aliphatic carboxylic acids is 1. The highest BCUT2D eigenvalue weighted by atomic mass is 16.5. The number of nitrogens with one attached hydrogen (secondary N) is 1. The molecule has 1 aliphatic carbocycles. The fourth-order valence-corrected chi connectivity index (χ4v) is 4.40. The van der Waals surface area contributed by atoms with Crippen molar-refractivity contribution in [3.8, 4) is 11.1 Å². The van der Waals surface area contributed by atoms with Crippen LogP contribution in [0.2, 0.25) is 0 Å². The molecule has 7 nitrogen and oxygen atoms in total. The topological polar surface area (TPSA) is 95.9 Å². The Morgan fingerprint density at radius 2 is 1.74 bits per heavy atom. The third-order valence-corrected chi connectivity index (χ3v) is 6.02. The molecule has 2 aromatic carbocycles. The molecule has 0 aromatic heterocycles. The van der Waals surface area contributed by atoms with E-state index in [1.165, 1.54) is 11.0 Å². The molecule has 2 N–H and O–H groups in total. The third-order valence-electron chi connectivity index (χ3n) is 6.02. The number of nitrogens with zero attached hydrogens (tertiary/aromatic N) is 1. The zero-order valence-corrected chi connectivity index (χ0v) is 19.5. The molecule has 0 spiro atoms. The van der Waals surface area contributed by atoms with Crippen LogP contribution in [-0.2, 0) is 14.3 Å². The number of carbonyl (C=O) groups excluding carboxylic acids is 2. The molecule has 0 unspecified atom stereocenters. The van der Waals surface area contributed by atoms with Gasteiger partial charge >= 0.3 is 12.1 Å². The van der Waals surface area contributed by atoms with Crippen molar-refractivity contribution in [2.24, 2.45) is 0 Å². The van der Waals surface area contributed by atoms with Gasteiger partial charge in [-0.1, -0.05) is 74.4 Å². The van der Waals surface area contributed by atoms with E-state index >= 15 is 0 Å². The van der Waals surface area contributed by atoms with Gasteiger partial charge in [0.15, 0.2) is 0 Å². The summed E-state index contributed by atoms with van der Waals surface area (Å²) >= 11 is 0. The molecule has 180 valence electrons. The molecule has 0 saturated carbocycles. The Balaban J connectivity index is 1.63. The van der Waals surface area contributed by atoms with Crippen LogP contribution >= 0.6 is 0 Å². The predicted molar refractivity (Wildman–Crippen MR) is 131 cm³/mol. The van der Waals surface area contributed by atoms with Crippen LogP contribution in [0.3, 0.4) is 0 Å². The molecule has 2 amide bonds. The number of carboxylic acid groups (broad SMARTS) is 1. The van der Waals surface area contributed by atoms with Crippen LogP contribution in [0.25, 0.3) is 11.1 Å². The first-order chi connectivity index (χ1) is 16.4. The first-order valence-electron chi connectivity index (χ1n) is 11.7. The van der Waals surface area contributed by atoms with Crippen LogP contribution < -0.4 is 5.32 Å². The minimum Gasteiger partial charge on any atom is -0.480 e. The van der Waals surface area contributed by atoms with Crippen LogP contribution in [0.15, 0.2) is 61.2 Å². The van der Waals surface area contributed by atoms with Crippen molar-refractivity contribution in [3.05, 3.63) is 72.3 Å². The summed E-state index contributed by atoms with van der Waals surface area (Å²) in [5.74, 6) is -1.49. The first-order valence-corrected chi connectivity index (χ1v) is 11.7. The van der Waals surface area contributed by atoms with E-state index in [4.69, 9.17) is 9.84 Å². The van der Waals surface area contributed by atoms with Gasteiger partial charge in [0, 0.05) is 24.9 Å². The van der Waals surface area contributed by atoms with Gasteiger partial charge in [-0.2, -0.15) is 0 Å². The third kappa shape index (κ3) is 6.25. The molecule has 1 atom stereocenters. The molecule has 34 heavy (non-hydrogen) atoms. The number of hydrogen-bond donors (Lipinski definition) is 2. The maximum Gasteiger partial charge on any atom is 0.407 e. The van der Waals surface area contributed by atoms with E-state index in [9.17, 15) is 14.4 Å². The molecular weight excluding hydrogens is 432 g/mol. The van der Waals surface area contributed by atoms with Crippen molar-refractivity contribution < 1.29 is 24.2 Å². The Morgan fingerprint density at radius 1 is 1.12 bits per heavy atom. The zero-order valence-electron chi connectivity index (χ0n) is 19.5. The quantitative estimate of drug-likeness (QED) is 0.449. The number of alkyl carbamates (subject to hydrolysis) is 1. The smallest absolute Gasteiger partial charge is 0.407 e. The number of hydrogen-bond acceptors (Lipinski definition) is 4. The summed E-state index contributed by atoms with van der Waals surface area (Å²) < 4.78 is 5.62. The molecule has 0 bridgehead atoms. The average Bonchev–Trinajstić information content (AvgIpc) is 3.14. The predicted octanol–water partition coefficient (Wildman–Crippen LogP) is 4.57. The van der Waals surface area contributed by atoms with E-state index in [2.05, 4.69) is 36.2 Å². The molecule has 0 aliphatic heterocycles. The van der Waals surface area contributed by atoms with Crippen LogP contribution in [0.1, 0.15) is 49.7 Å². The second-order valence-electron chi connectivity index (χ2n) is 8.47. The van der Waals surface area contributed by atoms with Crippen LogP contribution in [0.5, 0.6) is 0 Å². The highest BCUT2D eigenvalue weighted by molar-refractivity contribution is 5.82. The number of carbonyl (C=O) groups is 3. The number of benzene rings is 2. The van der Waals surface area contributed by atoms with Crippen molar-refractivity contribution in [1.29, 1.82) is 0 Å². The normalized spacial score (nSPS) is 12.9. The van der Waals surface area contributed by atoms with Gasteiger partial charge in [0.05, 0.1) is 0 Å². The summed E-state index contributed by atoms with van der Waals surface area (Å²) in [6, 6.07) is 15.8. The van der Waals surface area contributed by atoms with Gasteiger partial charge in [0.2, 0.25) is 5.91 Å². The molecule has 0 heterocycles. The summed E-state index contributed by atoms with van der Waals surface area (Å²) in [5.41, 5.74) is 4.56. The minimum atomic E-state index is -1.09. The second kappa shape index (κ2) is 12.0. The summed E-state index contributed by atoms with van der Waals surface area (Å²) in [7, 11) is 0. The monoisotopic (exact) mass is 464 g/mol. The average molecular weight is 465 g/mol. The highest BCUT2D eigenvalue weighted by Gasteiger charge is 2.29. The van der Waals surface area contributed by atoms with Crippen molar-refractivity contribution in [2.75, 3.05) is 19.7 Å². The summed E-state index contributed by atoms with van der Waals surface area (Å²) in [5, 5.41) is 11.9. The second-order valence-corrected chi connectivity index (χ2v) is 8.47. The lowest BCUT2D eigenvalue weighted by molar-refractivity contribution is -0.144. The first kappa shape index (κ1) is 25.0. The van der Waals surface area contributed by atoms with Crippen LogP contribution in [0, 0.1) is 0 Å². The summed E-state index contributed by atoms with van der Waals surface area (Å²) in [6.07, 6.45) is 3.24. The molecule has 0 saturated heterocycles. The molecule has 0 radical (unpaired) electrons. The molecular formula is C27H32N2O5. The van der Waals surface area contributed by atoms with E-state index in [0.29, 0.717) is 6.42 Å². The number of amides is 2. The Bertz CT molecular complexity index is 990. The lowest BCUT2D eigenvalue weighted by Gasteiger charge is -2.24. The van der Waals surface area contributed by atoms with E-state index < -0.39 is 24.6 Å². The van der Waals surface area contributed by atoms with Gasteiger partial charge in [-0.3, -0.25) is 9.59 Å². The van der Waals surface area contributed by atoms with Crippen molar-refractivity contribution in [2.45, 2.75) is 44.6 Å². The molecule has 1 aliphatic rings. The van der Waals surface area contributed by atoms with Gasteiger partial charge in [-0.15, -0.1) is 6.58 Å². The van der Waals surface area contributed by atoms with Crippen molar-refractivity contribution in [3.63, 3.8) is 0 Å². The van der Waals surface area contributed by atoms with Gasteiger partial charge in [-0.05, 0) is 28.7 Å². The number of fused-ring (bicyclic) bond motifs is 3. The SMILES string of the molecule is C=CCN(CC(=O)O)C(=O)C[C@@H](CCCC)NC(=O)OCC1c2ccccc2-c2ccccc21. The van der Waals surface area contributed by atoms with Gasteiger partial charge in [0.1, 0.15) is 13.2 Å². The van der Waals surface area contributed by atoms with Crippen LogP contribution in [0.4, 0.5) is 4.79 Å². The number of rotatable bonds is 12. The number of carboxylic acids is 1. The highest BCUT2D eigenvalue weighted by Crippen LogP contribution is 2.44. The summed E-state index contributed by atoms with van der Waals surface area (Å²) in [6.45, 7) is 5.53. The maximum absolute atomic E-state index is 12.7. The van der Waals surface area contributed by atoms with E-state index in [-0.39, 0.29) is 31.4 Å². The number of unbranched alkanes of at least 4 members (excludes halogenated alkanes) is 1. The molecule has 0 fully saturated rings. The lowest BCUT2D eigenvalue weighted by atomic mass is 9.98. The fourth-order valence-electron chi connectivity index (χ4n) is 4.40. The lowest BCUT2D eigenvalue weighted by Crippen LogP contribution is -2.42. The fraction of sp³-hybridized carbons (Fsp3) is 0.370.